The smallest absolute Gasteiger partial charge is 0.110 e. The number of hydrogen-bond donors (Lipinski definition) is 0. The summed E-state index contributed by atoms with van der Waals surface area (Å²) in [6.07, 6.45) is 0. The van der Waals surface area contributed by atoms with Crippen molar-refractivity contribution < 1.29 is 0 Å². The normalized spacial score (nSPS) is 7.50. The average Bonchev–Trinajstić information content (AvgIpc) is 1.37. The van der Waals surface area contributed by atoms with Gasteiger partial charge in [0, 0.05) is 0 Å². The van der Waals surface area contributed by atoms with Crippen molar-refractivity contribution in [3.05, 3.63) is 0 Å². The Morgan fingerprint density at radius 2 is 2.25 bits per heavy atom. The molecule has 0 heterocycles. The van der Waals surface area contributed by atoms with Crippen LogP contribution in [0, 0.1) is 0 Å². The first-order chi connectivity index (χ1) is 1.91. The van der Waals surface area contributed by atoms with E-state index >= 15 is 0 Å². The molecule has 0 atom stereocenters. The quantitative estimate of drug-likeness (QED) is 0.435. The maximum atomic E-state index is 3.22. The summed E-state index contributed by atoms with van der Waals surface area (Å²) < 4.78 is 0. The first-order valence-corrected chi connectivity index (χ1v) is 5.17. The van der Waals surface area contributed by atoms with Crippen molar-refractivity contribution in [2.24, 2.45) is 0 Å². The van der Waals surface area contributed by atoms with E-state index in [4.69, 9.17) is 0 Å². The predicted molar refractivity (Wildman–Crippen MR) is 25.0 cm³/mol. The predicted octanol–water partition coefficient (Wildman–Crippen LogP) is 0.470. The van der Waals surface area contributed by atoms with Crippen LogP contribution < -0.4 is 0 Å². The number of rotatable bonds is 1. The lowest BCUT2D eigenvalue weighted by atomic mass is 11.9. The molecule has 0 bridgehead atoms. The van der Waals surface area contributed by atoms with Crippen molar-refractivity contribution >= 4 is 28.7 Å². The Hall–Kier alpha value is 0.784. The van der Waals surface area contributed by atoms with Gasteiger partial charge in [-0.2, -0.15) is 0 Å². The fourth-order valence-electron chi connectivity index (χ4n) is 0. The molecule has 0 fully saturated rings. The SMILES string of the molecule is C[Si]S[Si]. The zero-order valence-corrected chi connectivity index (χ0v) is 5.22. The van der Waals surface area contributed by atoms with E-state index in [0.29, 0.717) is 0 Å². The molecule has 21 valence electrons. The van der Waals surface area contributed by atoms with Crippen molar-refractivity contribution in [2.45, 2.75) is 6.55 Å². The zero-order chi connectivity index (χ0) is 3.41. The second-order valence-electron chi connectivity index (χ2n) is 0.306. The molecule has 0 aliphatic carbocycles. The van der Waals surface area contributed by atoms with Gasteiger partial charge in [0.2, 0.25) is 0 Å². The van der Waals surface area contributed by atoms with Crippen molar-refractivity contribution in [3.8, 4) is 0 Å². The van der Waals surface area contributed by atoms with Crippen LogP contribution in [0.15, 0.2) is 0 Å². The molecule has 5 radical (unpaired) electrons. The first kappa shape index (κ1) is 4.78. The fraction of sp³-hybridized carbons (Fsp3) is 1.00. The summed E-state index contributed by atoms with van der Waals surface area (Å²) in [6, 6.07) is 0. The standard InChI is InChI=1S/CH3SSi2/c1-4-2-3/h1H3. The molecule has 3 heteroatoms. The van der Waals surface area contributed by atoms with Gasteiger partial charge in [0.1, 0.15) is 18.1 Å². The van der Waals surface area contributed by atoms with E-state index in [1.54, 1.807) is 10.7 Å². The third-order valence-corrected chi connectivity index (χ3v) is 2.76. The van der Waals surface area contributed by atoms with E-state index in [1.165, 1.54) is 0 Å². The maximum Gasteiger partial charge on any atom is 0.110 e. The summed E-state index contributed by atoms with van der Waals surface area (Å²) >= 11 is 0. The van der Waals surface area contributed by atoms with Gasteiger partial charge in [-0.1, -0.05) is 6.55 Å². The zero-order valence-electron chi connectivity index (χ0n) is 2.41. The van der Waals surface area contributed by atoms with Gasteiger partial charge < -0.3 is 0 Å². The minimum atomic E-state index is 0.971. The summed E-state index contributed by atoms with van der Waals surface area (Å²) in [5.41, 5.74) is 0. The third-order valence-electron chi connectivity index (χ3n) is 0.102. The summed E-state index contributed by atoms with van der Waals surface area (Å²) in [6.45, 7) is 2.12. The van der Waals surface area contributed by atoms with E-state index in [0.717, 1.165) is 8.67 Å². The second-order valence-corrected chi connectivity index (χ2v) is 4.59. The molecule has 0 amide bonds. The molecule has 0 N–H and O–H groups in total. The van der Waals surface area contributed by atoms with Crippen molar-refractivity contribution in [1.82, 2.24) is 0 Å². The molecule has 0 aromatic heterocycles. The molecule has 0 unspecified atom stereocenters. The largest absolute Gasteiger partial charge is 0.217 e. The maximum absolute atomic E-state index is 3.22. The minimum Gasteiger partial charge on any atom is -0.217 e. The Labute approximate surface area is 35.9 Å². The summed E-state index contributed by atoms with van der Waals surface area (Å²) in [7, 11) is 5.88. The Balaban J connectivity index is 1.97. The van der Waals surface area contributed by atoms with E-state index < -0.39 is 0 Å². The van der Waals surface area contributed by atoms with Gasteiger partial charge in [0.05, 0.1) is 0 Å². The Morgan fingerprint density at radius 1 is 2.00 bits per heavy atom. The summed E-state index contributed by atoms with van der Waals surface area (Å²) in [4.78, 5) is 0. The Morgan fingerprint density at radius 3 is 2.25 bits per heavy atom. The highest BCUT2D eigenvalue weighted by molar-refractivity contribution is 8.38. The highest BCUT2D eigenvalue weighted by atomic mass is 32.5. The molecule has 0 spiro atoms. The first-order valence-electron chi connectivity index (χ1n) is 0.908. The van der Waals surface area contributed by atoms with Gasteiger partial charge in [-0.15, -0.1) is 0 Å². The van der Waals surface area contributed by atoms with Crippen molar-refractivity contribution in [3.63, 3.8) is 0 Å². The Kier molecular flexibility index (Phi) is 4.53. The summed E-state index contributed by atoms with van der Waals surface area (Å²) in [5.74, 6) is 0. The molecule has 0 aliphatic heterocycles. The Bertz CT molecular complexity index is 8.00. The van der Waals surface area contributed by atoms with E-state index in [1.807, 2.05) is 0 Å². The third kappa shape index (κ3) is 2.78. The molecule has 0 rings (SSSR count). The lowest BCUT2D eigenvalue weighted by molar-refractivity contribution is 2.38. The molecular formula is CH3SSi2. The molecule has 0 aromatic rings. The van der Waals surface area contributed by atoms with Gasteiger partial charge in [-0.05, 0) is 0 Å². The average molecular weight is 103 g/mol. The molecular weight excluding hydrogens is 100 g/mol. The highest BCUT2D eigenvalue weighted by Crippen LogP contribution is 1.77. The van der Waals surface area contributed by atoms with Crippen LogP contribution in [-0.2, 0) is 0 Å². The van der Waals surface area contributed by atoms with Crippen LogP contribution in [0.2, 0.25) is 6.55 Å². The molecule has 0 saturated carbocycles. The molecule has 4 heavy (non-hydrogen) atoms. The highest BCUT2D eigenvalue weighted by Gasteiger charge is 1.59. The number of hydrogen-bond acceptors (Lipinski definition) is 1. The van der Waals surface area contributed by atoms with Crippen LogP contribution in [0.1, 0.15) is 0 Å². The van der Waals surface area contributed by atoms with Gasteiger partial charge >= 0.3 is 0 Å². The van der Waals surface area contributed by atoms with Crippen LogP contribution in [-0.4, -0.2) is 18.1 Å². The topological polar surface area (TPSA) is 0 Å². The lowest BCUT2D eigenvalue weighted by Gasteiger charge is -1.66. The van der Waals surface area contributed by atoms with Crippen LogP contribution >= 0.6 is 10.7 Å². The molecule has 0 aromatic carbocycles. The molecule has 0 aliphatic rings. The van der Waals surface area contributed by atoms with Gasteiger partial charge in [-0.3, -0.25) is 0 Å². The lowest BCUT2D eigenvalue weighted by Crippen LogP contribution is -1.61. The minimum absolute atomic E-state index is 0.971. The van der Waals surface area contributed by atoms with E-state index in [9.17, 15) is 0 Å². The van der Waals surface area contributed by atoms with E-state index in [2.05, 4.69) is 15.9 Å². The van der Waals surface area contributed by atoms with Gasteiger partial charge in [0.15, 0.2) is 0 Å². The monoisotopic (exact) mass is 103 g/mol. The van der Waals surface area contributed by atoms with Crippen molar-refractivity contribution in [2.75, 3.05) is 0 Å². The van der Waals surface area contributed by atoms with Crippen LogP contribution in [0.5, 0.6) is 0 Å². The van der Waals surface area contributed by atoms with Crippen LogP contribution in [0.4, 0.5) is 0 Å². The summed E-state index contributed by atoms with van der Waals surface area (Å²) in [5, 5.41) is 0. The second kappa shape index (κ2) is 3.78. The molecule has 0 saturated heterocycles. The van der Waals surface area contributed by atoms with Crippen molar-refractivity contribution in [1.29, 1.82) is 0 Å². The van der Waals surface area contributed by atoms with E-state index in [-0.39, 0.29) is 0 Å². The van der Waals surface area contributed by atoms with Gasteiger partial charge in [0.25, 0.3) is 0 Å². The molecule has 0 nitrogen and oxygen atoms in total. The van der Waals surface area contributed by atoms with Crippen LogP contribution in [0.25, 0.3) is 0 Å². The van der Waals surface area contributed by atoms with Gasteiger partial charge in [-0.25, -0.2) is 10.7 Å². The van der Waals surface area contributed by atoms with Crippen LogP contribution in [0.3, 0.4) is 0 Å². The fourth-order valence-corrected chi connectivity index (χ4v) is 0.